The average Bonchev–Trinajstić information content (AvgIpc) is 3.60. The molecule has 3 aromatic rings. The molecule has 0 bridgehead atoms. The number of para-hydroxylation sites is 1. The molecule has 226 valence electrons. The zero-order valence-corrected chi connectivity index (χ0v) is 24.6. The van der Waals surface area contributed by atoms with Gasteiger partial charge in [0.15, 0.2) is 0 Å². The van der Waals surface area contributed by atoms with Gasteiger partial charge in [-0.1, -0.05) is 41.4 Å². The number of likely N-dealkylation sites (tertiary alicyclic amines) is 1. The molecule has 2 aliphatic rings. The van der Waals surface area contributed by atoms with Crippen LogP contribution in [-0.4, -0.2) is 91.4 Å². The quantitative estimate of drug-likeness (QED) is 0.309. The molecule has 2 aromatic carbocycles. The normalized spacial score (nSPS) is 18.7. The molecule has 12 nitrogen and oxygen atoms in total. The SMILES string of the molecule is CN(C(=O)[C@@H]1CCCN1C(=O)[C@H]1Cc2c([nH]c3ccccc23)CN1C(=O)Nc1ccc(Cl)c(Cl)c1)[C@@H](CC(=O)O)C(=O)O. The molecule has 5 rings (SSSR count). The number of nitrogens with zero attached hydrogens (tertiary/aromatic N) is 3. The van der Waals surface area contributed by atoms with E-state index in [4.69, 9.17) is 28.3 Å². The Morgan fingerprint density at radius 3 is 2.49 bits per heavy atom. The molecule has 0 aliphatic carbocycles. The van der Waals surface area contributed by atoms with Gasteiger partial charge in [0.1, 0.15) is 18.1 Å². The highest BCUT2D eigenvalue weighted by Gasteiger charge is 2.45. The van der Waals surface area contributed by atoms with E-state index in [1.807, 2.05) is 24.3 Å². The van der Waals surface area contributed by atoms with Crippen molar-refractivity contribution in [2.24, 2.45) is 0 Å². The maximum absolute atomic E-state index is 14.2. The number of H-pyrrole nitrogens is 1. The summed E-state index contributed by atoms with van der Waals surface area (Å²) in [6.45, 7) is 0.304. The van der Waals surface area contributed by atoms with Crippen molar-refractivity contribution < 1.29 is 34.2 Å². The maximum atomic E-state index is 14.2. The van der Waals surface area contributed by atoms with Crippen LogP contribution < -0.4 is 5.32 Å². The number of hydrogen-bond donors (Lipinski definition) is 4. The molecule has 2 aliphatic heterocycles. The van der Waals surface area contributed by atoms with Crippen molar-refractivity contribution in [3.63, 3.8) is 0 Å². The van der Waals surface area contributed by atoms with Crippen LogP contribution in [0.4, 0.5) is 10.5 Å². The zero-order chi connectivity index (χ0) is 31.0. The maximum Gasteiger partial charge on any atom is 0.327 e. The molecule has 1 aromatic heterocycles. The fraction of sp³-hybridized carbons (Fsp3) is 0.345. The fourth-order valence-electron chi connectivity index (χ4n) is 5.83. The number of carboxylic acid groups (broad SMARTS) is 2. The zero-order valence-electron chi connectivity index (χ0n) is 23.0. The molecular formula is C29H29Cl2N5O7. The first-order valence-corrected chi connectivity index (χ1v) is 14.3. The highest BCUT2D eigenvalue weighted by atomic mass is 35.5. The van der Waals surface area contributed by atoms with Gasteiger partial charge in [-0.05, 0) is 42.7 Å². The predicted octanol–water partition coefficient (Wildman–Crippen LogP) is 3.81. The highest BCUT2D eigenvalue weighted by molar-refractivity contribution is 6.42. The van der Waals surface area contributed by atoms with Gasteiger partial charge in [-0.2, -0.15) is 0 Å². The van der Waals surface area contributed by atoms with Crippen LogP contribution >= 0.6 is 23.2 Å². The Bertz CT molecular complexity index is 1630. The van der Waals surface area contributed by atoms with Gasteiger partial charge in [0, 0.05) is 42.3 Å². The van der Waals surface area contributed by atoms with Crippen molar-refractivity contribution in [1.82, 2.24) is 19.7 Å². The number of anilines is 1. The van der Waals surface area contributed by atoms with Gasteiger partial charge in [-0.25, -0.2) is 9.59 Å². The molecular weight excluding hydrogens is 601 g/mol. The molecule has 0 unspecified atom stereocenters. The van der Waals surface area contributed by atoms with Crippen molar-refractivity contribution in [1.29, 1.82) is 0 Å². The molecule has 43 heavy (non-hydrogen) atoms. The van der Waals surface area contributed by atoms with E-state index in [0.717, 1.165) is 27.1 Å². The number of rotatable bonds is 7. The summed E-state index contributed by atoms with van der Waals surface area (Å²) in [5, 5.41) is 23.0. The third kappa shape index (κ3) is 5.98. The summed E-state index contributed by atoms with van der Waals surface area (Å²) in [5.74, 6) is -3.96. The van der Waals surface area contributed by atoms with Crippen LogP contribution in [-0.2, 0) is 32.1 Å². The van der Waals surface area contributed by atoms with Crippen LogP contribution in [0.5, 0.6) is 0 Å². The van der Waals surface area contributed by atoms with E-state index in [1.54, 1.807) is 12.1 Å². The monoisotopic (exact) mass is 629 g/mol. The number of halogens is 2. The number of aromatic nitrogens is 1. The van der Waals surface area contributed by atoms with Gasteiger partial charge in [-0.3, -0.25) is 14.4 Å². The first kappa shape index (κ1) is 30.2. The highest BCUT2D eigenvalue weighted by Crippen LogP contribution is 2.33. The lowest BCUT2D eigenvalue weighted by Gasteiger charge is -2.38. The second-order valence-electron chi connectivity index (χ2n) is 10.6. The number of hydrogen-bond acceptors (Lipinski definition) is 5. The van der Waals surface area contributed by atoms with Crippen LogP contribution in [0.3, 0.4) is 0 Å². The molecule has 0 spiro atoms. The lowest BCUT2D eigenvalue weighted by molar-refractivity contribution is -0.156. The molecule has 0 radical (unpaired) electrons. The number of nitrogens with one attached hydrogen (secondary N) is 2. The fourth-order valence-corrected chi connectivity index (χ4v) is 6.13. The number of likely N-dealkylation sites (N-methyl/N-ethyl adjacent to an activating group) is 1. The Morgan fingerprint density at radius 2 is 1.79 bits per heavy atom. The van der Waals surface area contributed by atoms with E-state index >= 15 is 0 Å². The minimum Gasteiger partial charge on any atom is -0.481 e. The van der Waals surface area contributed by atoms with Gasteiger partial charge >= 0.3 is 18.0 Å². The molecule has 1 fully saturated rings. The summed E-state index contributed by atoms with van der Waals surface area (Å²) in [5.41, 5.74) is 2.90. The summed E-state index contributed by atoms with van der Waals surface area (Å²) in [6, 6.07) is 8.09. The van der Waals surface area contributed by atoms with Gasteiger partial charge < -0.3 is 35.2 Å². The van der Waals surface area contributed by atoms with Gasteiger partial charge in [0.2, 0.25) is 11.8 Å². The third-order valence-corrected chi connectivity index (χ3v) is 8.75. The van der Waals surface area contributed by atoms with Crippen molar-refractivity contribution in [3.05, 3.63) is 63.8 Å². The van der Waals surface area contributed by atoms with Crippen molar-refractivity contribution in [3.8, 4) is 0 Å². The predicted molar refractivity (Wildman–Crippen MR) is 158 cm³/mol. The minimum atomic E-state index is -1.60. The Labute approximate surface area is 256 Å². The lowest BCUT2D eigenvalue weighted by Crippen LogP contribution is -2.58. The van der Waals surface area contributed by atoms with Crippen LogP contribution in [0.2, 0.25) is 10.0 Å². The number of aromatic amines is 1. The summed E-state index contributed by atoms with van der Waals surface area (Å²) >= 11 is 12.2. The van der Waals surface area contributed by atoms with Crippen LogP contribution in [0.1, 0.15) is 30.5 Å². The van der Waals surface area contributed by atoms with Crippen molar-refractivity contribution >= 4 is 69.6 Å². The average molecular weight is 630 g/mol. The first-order chi connectivity index (χ1) is 20.5. The number of carbonyl (C=O) groups is 5. The minimum absolute atomic E-state index is 0.0830. The number of aliphatic carboxylic acids is 2. The van der Waals surface area contributed by atoms with Gasteiger partial charge in [0.25, 0.3) is 0 Å². The van der Waals surface area contributed by atoms with E-state index in [2.05, 4.69) is 10.3 Å². The van der Waals surface area contributed by atoms with E-state index in [1.165, 1.54) is 22.9 Å². The van der Waals surface area contributed by atoms with Crippen molar-refractivity contribution in [2.75, 3.05) is 18.9 Å². The molecule has 3 heterocycles. The number of amides is 4. The number of carboxylic acids is 2. The third-order valence-electron chi connectivity index (χ3n) is 8.01. The molecule has 4 N–H and O–H groups in total. The number of carbonyl (C=O) groups excluding carboxylic acids is 3. The van der Waals surface area contributed by atoms with Gasteiger partial charge in [0.05, 0.1) is 23.0 Å². The Hall–Kier alpha value is -4.29. The Balaban J connectivity index is 1.45. The number of urea groups is 1. The molecule has 1 saturated heterocycles. The van der Waals surface area contributed by atoms with E-state index in [9.17, 15) is 29.1 Å². The van der Waals surface area contributed by atoms with Crippen LogP contribution in [0, 0.1) is 0 Å². The first-order valence-electron chi connectivity index (χ1n) is 13.6. The van der Waals surface area contributed by atoms with Crippen LogP contribution in [0.15, 0.2) is 42.5 Å². The van der Waals surface area contributed by atoms with E-state index < -0.39 is 54.3 Å². The van der Waals surface area contributed by atoms with Crippen molar-refractivity contribution in [2.45, 2.75) is 50.4 Å². The van der Waals surface area contributed by atoms with Gasteiger partial charge in [-0.15, -0.1) is 0 Å². The summed E-state index contributed by atoms with van der Waals surface area (Å²) in [4.78, 5) is 71.4. The van der Waals surface area contributed by atoms with Crippen LogP contribution in [0.25, 0.3) is 10.9 Å². The molecule has 14 heteroatoms. The summed E-state index contributed by atoms with van der Waals surface area (Å²) < 4.78 is 0. The Morgan fingerprint density at radius 1 is 1.05 bits per heavy atom. The Kier molecular flexibility index (Phi) is 8.52. The van der Waals surface area contributed by atoms with E-state index in [0.29, 0.717) is 17.1 Å². The largest absolute Gasteiger partial charge is 0.481 e. The summed E-state index contributed by atoms with van der Waals surface area (Å²) in [7, 11) is 1.22. The molecule has 0 saturated carbocycles. The van der Waals surface area contributed by atoms with E-state index in [-0.39, 0.29) is 31.0 Å². The smallest absolute Gasteiger partial charge is 0.327 e. The second-order valence-corrected chi connectivity index (χ2v) is 11.4. The standard InChI is InChI=1S/C29H29Cl2N5O7/c1-34(24(28(41)42)13-25(37)38)26(39)22-7-4-10-35(22)27(40)23-12-17-16-5-2-3-6-20(16)33-21(17)14-36(23)29(43)32-15-8-9-18(30)19(31)11-15/h2-3,5-6,8-9,11,22-24,33H,4,7,10,12-14H2,1H3,(H,32,43)(H,37,38)(H,41,42)/t22-,23+,24-/m0/s1. The number of fused-ring (bicyclic) bond motifs is 3. The lowest BCUT2D eigenvalue weighted by atomic mass is 9.95. The summed E-state index contributed by atoms with van der Waals surface area (Å²) in [6.07, 6.45) is 0.145. The number of benzene rings is 2. The second kappa shape index (κ2) is 12.1. The topological polar surface area (TPSA) is 163 Å². The molecule has 3 atom stereocenters. The molecule has 4 amide bonds.